The van der Waals surface area contributed by atoms with Gasteiger partial charge in [0, 0.05) is 24.8 Å². The second kappa shape index (κ2) is 9.05. The fourth-order valence-corrected chi connectivity index (χ4v) is 3.21. The quantitative estimate of drug-likeness (QED) is 0.442. The Hall–Kier alpha value is -3.93. The topological polar surface area (TPSA) is 126 Å². The summed E-state index contributed by atoms with van der Waals surface area (Å²) in [5.41, 5.74) is 1.07. The van der Waals surface area contributed by atoms with Crippen molar-refractivity contribution in [1.82, 2.24) is 0 Å². The van der Waals surface area contributed by atoms with Gasteiger partial charge in [0.05, 0.1) is 22.1 Å². The lowest BCUT2D eigenvalue weighted by Crippen LogP contribution is -2.30. The number of anilines is 2. The zero-order valence-electron chi connectivity index (χ0n) is 16.3. The molecule has 0 saturated carbocycles. The Kier molecular flexibility index (Phi) is 6.27. The van der Waals surface area contributed by atoms with Crippen molar-refractivity contribution in [2.75, 3.05) is 23.3 Å². The number of nitriles is 1. The number of nitrogens with one attached hydrogen (secondary N) is 1. The maximum absolute atomic E-state index is 12.4. The second-order valence-corrected chi connectivity index (χ2v) is 6.88. The van der Waals surface area contributed by atoms with E-state index < -0.39 is 22.9 Å². The number of amides is 1. The van der Waals surface area contributed by atoms with Crippen LogP contribution >= 0.6 is 0 Å². The predicted octanol–water partition coefficient (Wildman–Crippen LogP) is 3.25. The number of esters is 1. The standard InChI is InChI=1S/C21H20N4O5/c1-14(20(26)23-17-6-4-5-15(11-17)13-22)30-21(27)16-7-8-18(19(12-16)25(28)29)24-9-2-3-10-24/h4-8,11-12,14H,2-3,9-10H2,1H3,(H,23,26)/t14-/m1/s1. The van der Waals surface area contributed by atoms with Gasteiger partial charge in [-0.15, -0.1) is 0 Å². The fourth-order valence-electron chi connectivity index (χ4n) is 3.21. The monoisotopic (exact) mass is 408 g/mol. The van der Waals surface area contributed by atoms with Crippen molar-refractivity contribution in [2.45, 2.75) is 25.9 Å². The number of carbonyl (C=O) groups excluding carboxylic acids is 2. The molecule has 1 amide bonds. The summed E-state index contributed by atoms with van der Waals surface area (Å²) in [4.78, 5) is 37.6. The van der Waals surface area contributed by atoms with E-state index in [1.165, 1.54) is 31.2 Å². The first-order valence-corrected chi connectivity index (χ1v) is 9.44. The number of nitro groups is 1. The summed E-state index contributed by atoms with van der Waals surface area (Å²) in [6, 6.07) is 12.5. The number of nitro benzene ring substituents is 1. The van der Waals surface area contributed by atoms with Crippen molar-refractivity contribution in [2.24, 2.45) is 0 Å². The first-order chi connectivity index (χ1) is 14.4. The average molecular weight is 408 g/mol. The van der Waals surface area contributed by atoms with Gasteiger partial charge < -0.3 is 15.0 Å². The molecule has 0 bridgehead atoms. The van der Waals surface area contributed by atoms with Gasteiger partial charge in [0.2, 0.25) is 0 Å². The molecule has 154 valence electrons. The number of ether oxygens (including phenoxy) is 1. The number of benzene rings is 2. The van der Waals surface area contributed by atoms with Gasteiger partial charge in [-0.25, -0.2) is 4.79 Å². The van der Waals surface area contributed by atoms with E-state index in [4.69, 9.17) is 10.00 Å². The molecule has 1 N–H and O–H groups in total. The van der Waals surface area contributed by atoms with E-state index in [2.05, 4.69) is 5.32 Å². The van der Waals surface area contributed by atoms with Crippen LogP contribution in [-0.4, -0.2) is 36.0 Å². The minimum atomic E-state index is -1.14. The molecule has 0 radical (unpaired) electrons. The van der Waals surface area contributed by atoms with Gasteiger partial charge in [-0.05, 0) is 50.1 Å². The van der Waals surface area contributed by atoms with Crippen LogP contribution in [0.1, 0.15) is 35.7 Å². The maximum atomic E-state index is 12.4. The molecule has 2 aromatic rings. The normalized spacial score (nSPS) is 13.9. The molecule has 3 rings (SSSR count). The molecule has 1 fully saturated rings. The first-order valence-electron chi connectivity index (χ1n) is 9.44. The number of rotatable bonds is 6. The molecular weight excluding hydrogens is 388 g/mol. The van der Waals surface area contributed by atoms with E-state index >= 15 is 0 Å². The van der Waals surface area contributed by atoms with Crippen LogP contribution in [0.25, 0.3) is 0 Å². The summed E-state index contributed by atoms with van der Waals surface area (Å²) in [5.74, 6) is -1.42. The van der Waals surface area contributed by atoms with Crippen molar-refractivity contribution in [3.8, 4) is 6.07 Å². The zero-order chi connectivity index (χ0) is 21.7. The van der Waals surface area contributed by atoms with E-state index in [0.717, 1.165) is 25.9 Å². The van der Waals surface area contributed by atoms with E-state index in [1.54, 1.807) is 18.2 Å². The first kappa shape index (κ1) is 20.8. The lowest BCUT2D eigenvalue weighted by atomic mass is 10.1. The Morgan fingerprint density at radius 3 is 2.63 bits per heavy atom. The Morgan fingerprint density at radius 2 is 1.97 bits per heavy atom. The number of hydrogen-bond acceptors (Lipinski definition) is 7. The largest absolute Gasteiger partial charge is 0.449 e. The summed E-state index contributed by atoms with van der Waals surface area (Å²) in [6.07, 6.45) is 0.788. The summed E-state index contributed by atoms with van der Waals surface area (Å²) in [5, 5.41) is 23.0. The van der Waals surface area contributed by atoms with Crippen LogP contribution in [-0.2, 0) is 9.53 Å². The van der Waals surface area contributed by atoms with E-state index in [1.807, 2.05) is 11.0 Å². The smallest absolute Gasteiger partial charge is 0.339 e. The Labute approximate surface area is 173 Å². The SMILES string of the molecule is C[C@@H](OC(=O)c1ccc(N2CCCC2)c([N+](=O)[O-])c1)C(=O)Nc1cccc(C#N)c1. The highest BCUT2D eigenvalue weighted by molar-refractivity contribution is 5.98. The lowest BCUT2D eigenvalue weighted by molar-refractivity contribution is -0.384. The van der Waals surface area contributed by atoms with Crippen LogP contribution < -0.4 is 10.2 Å². The predicted molar refractivity (Wildman–Crippen MR) is 109 cm³/mol. The third-order valence-corrected chi connectivity index (χ3v) is 4.77. The minimum absolute atomic E-state index is 0.00391. The molecule has 9 nitrogen and oxygen atoms in total. The van der Waals surface area contributed by atoms with Gasteiger partial charge >= 0.3 is 5.97 Å². The summed E-state index contributed by atoms with van der Waals surface area (Å²) >= 11 is 0. The highest BCUT2D eigenvalue weighted by atomic mass is 16.6. The third-order valence-electron chi connectivity index (χ3n) is 4.77. The third kappa shape index (κ3) is 4.72. The maximum Gasteiger partial charge on any atom is 0.339 e. The Bertz CT molecular complexity index is 1020. The minimum Gasteiger partial charge on any atom is -0.449 e. The van der Waals surface area contributed by atoms with Crippen molar-refractivity contribution in [3.63, 3.8) is 0 Å². The van der Waals surface area contributed by atoms with Crippen LogP contribution in [0.5, 0.6) is 0 Å². The van der Waals surface area contributed by atoms with Crippen molar-refractivity contribution >= 4 is 28.9 Å². The summed E-state index contributed by atoms with van der Waals surface area (Å²) in [6.45, 7) is 2.86. The van der Waals surface area contributed by atoms with Gasteiger partial charge in [0.25, 0.3) is 11.6 Å². The Balaban J connectivity index is 1.70. The zero-order valence-corrected chi connectivity index (χ0v) is 16.3. The number of hydrogen-bond donors (Lipinski definition) is 1. The molecule has 0 unspecified atom stereocenters. The lowest BCUT2D eigenvalue weighted by Gasteiger charge is -2.18. The molecule has 1 saturated heterocycles. The van der Waals surface area contributed by atoms with Gasteiger partial charge in [-0.2, -0.15) is 5.26 Å². The van der Waals surface area contributed by atoms with E-state index in [0.29, 0.717) is 16.9 Å². The van der Waals surface area contributed by atoms with Gasteiger partial charge in [0.1, 0.15) is 5.69 Å². The van der Waals surface area contributed by atoms with Crippen LogP contribution in [0, 0.1) is 21.4 Å². The van der Waals surface area contributed by atoms with E-state index in [-0.39, 0.29) is 11.3 Å². The van der Waals surface area contributed by atoms with Crippen molar-refractivity contribution < 1.29 is 19.2 Å². The van der Waals surface area contributed by atoms with Crippen molar-refractivity contribution in [1.29, 1.82) is 5.26 Å². The summed E-state index contributed by atoms with van der Waals surface area (Å²) < 4.78 is 5.17. The molecule has 1 aliphatic rings. The average Bonchev–Trinajstić information content (AvgIpc) is 3.28. The van der Waals surface area contributed by atoms with Crippen molar-refractivity contribution in [3.05, 3.63) is 63.7 Å². The number of nitrogens with zero attached hydrogens (tertiary/aromatic N) is 3. The van der Waals surface area contributed by atoms with Gasteiger partial charge in [-0.1, -0.05) is 6.07 Å². The molecule has 1 heterocycles. The summed E-state index contributed by atoms with van der Waals surface area (Å²) in [7, 11) is 0. The number of carbonyl (C=O) groups is 2. The van der Waals surface area contributed by atoms with E-state index in [9.17, 15) is 19.7 Å². The Morgan fingerprint density at radius 1 is 1.23 bits per heavy atom. The molecule has 0 spiro atoms. The van der Waals surface area contributed by atoms with Gasteiger partial charge in [-0.3, -0.25) is 14.9 Å². The van der Waals surface area contributed by atoms with Crippen LogP contribution in [0.15, 0.2) is 42.5 Å². The molecule has 1 atom stereocenters. The molecule has 0 aromatic heterocycles. The molecule has 1 aliphatic heterocycles. The van der Waals surface area contributed by atoms with Crippen LogP contribution in [0.3, 0.4) is 0 Å². The molecule has 2 aromatic carbocycles. The fraction of sp³-hybridized carbons (Fsp3) is 0.286. The van der Waals surface area contributed by atoms with Gasteiger partial charge in [0.15, 0.2) is 6.10 Å². The van der Waals surface area contributed by atoms with Crippen LogP contribution in [0.2, 0.25) is 0 Å². The second-order valence-electron chi connectivity index (χ2n) is 6.88. The molecular formula is C21H20N4O5. The van der Waals surface area contributed by atoms with Crippen LogP contribution in [0.4, 0.5) is 17.1 Å². The molecule has 9 heteroatoms. The molecule has 0 aliphatic carbocycles. The highest BCUT2D eigenvalue weighted by Crippen LogP contribution is 2.32. The molecule has 30 heavy (non-hydrogen) atoms. The highest BCUT2D eigenvalue weighted by Gasteiger charge is 2.26.